The first-order valence-electron chi connectivity index (χ1n) is 21.6. The Hall–Kier alpha value is -6.13. The average molecular weight is 1120 g/mol. The Morgan fingerprint density at radius 2 is 1.08 bits per heavy atom. The van der Waals surface area contributed by atoms with E-state index in [0.717, 1.165) is 4.73 Å². The van der Waals surface area contributed by atoms with Crippen LogP contribution in [0.4, 0.5) is 0 Å². The molecule has 2 saturated heterocycles. The molecule has 2 aliphatic rings. The molecule has 2 fully saturated rings. The van der Waals surface area contributed by atoms with E-state index in [-0.39, 0.29) is 48.7 Å². The van der Waals surface area contributed by atoms with Crippen LogP contribution in [0.2, 0.25) is 0 Å². The summed E-state index contributed by atoms with van der Waals surface area (Å²) in [6.07, 6.45) is -2.35. The second-order valence-electron chi connectivity index (χ2n) is 14.7. The molecule has 10 atom stereocenters. The minimum Gasteiger partial charge on any atom is -0.711 e. The van der Waals surface area contributed by atoms with Crippen molar-refractivity contribution in [2.24, 2.45) is 0 Å². The van der Waals surface area contributed by atoms with Crippen LogP contribution in [0.5, 0.6) is 23.0 Å². The Labute approximate surface area is 462 Å². The van der Waals surface area contributed by atoms with Crippen molar-refractivity contribution in [3.8, 4) is 70.7 Å². The van der Waals surface area contributed by atoms with E-state index in [4.69, 9.17) is 61.6 Å². The predicted molar refractivity (Wildman–Crippen MR) is 253 cm³/mol. The van der Waals surface area contributed by atoms with Crippen molar-refractivity contribution < 1.29 is 141 Å². The molecule has 4 N–H and O–H groups in total. The molecular weight excluding hydrogens is 1060 g/mol. The zero-order chi connectivity index (χ0) is 55.4. The zero-order valence-electron chi connectivity index (χ0n) is 42.4. The normalized spacial score (nSPS) is 22.2. The van der Waals surface area contributed by atoms with Gasteiger partial charge in [-0.2, -0.15) is 30.9 Å². The van der Waals surface area contributed by atoms with Gasteiger partial charge in [0.1, 0.15) is 59.5 Å². The van der Waals surface area contributed by atoms with Crippen molar-refractivity contribution in [3.63, 3.8) is 0 Å². The van der Waals surface area contributed by atoms with Gasteiger partial charge in [-0.15, -0.1) is 0 Å². The molecular formula is C47H55N3NaO23S2+. The van der Waals surface area contributed by atoms with Crippen LogP contribution in [-0.4, -0.2) is 146 Å². The van der Waals surface area contributed by atoms with E-state index >= 15 is 0 Å². The number of aliphatic hydroxyl groups excluding tert-OH is 1. The summed E-state index contributed by atoms with van der Waals surface area (Å²) >= 11 is 0. The number of amides is 2. The summed E-state index contributed by atoms with van der Waals surface area (Å²) in [7, 11) is -3.77. The SMILES string of the molecule is CC#CC#COO[C@@H]1C(NC(C)=O)[C@@H](Oc2ccc(OC)cc2)OC(COC)[C@@H]1O.CC#CC#COO[C@@H]1C(NC(C)=O)[C@@H](Oc2ccc(OC)cc2)OC(COC)[C@@H]1OS(=O)(=O)O.O=S(=O)([O-])O[n+]1ccccc1.[Na+]. The van der Waals surface area contributed by atoms with E-state index in [1.54, 1.807) is 75.6 Å². The van der Waals surface area contributed by atoms with E-state index in [1.807, 2.05) is 0 Å². The molecule has 26 nitrogen and oxygen atoms in total. The molecule has 0 radical (unpaired) electrons. The summed E-state index contributed by atoms with van der Waals surface area (Å²) in [6, 6.07) is 15.9. The number of rotatable bonds is 20. The number of methoxy groups -OCH3 is 4. The number of nitrogens with one attached hydrogen (secondary N) is 2. The third-order valence-electron chi connectivity index (χ3n) is 9.32. The first-order chi connectivity index (χ1) is 35.8. The average Bonchev–Trinajstić information content (AvgIpc) is 3.35. The summed E-state index contributed by atoms with van der Waals surface area (Å²) in [5, 5.41) is 15.9. The van der Waals surface area contributed by atoms with Crippen LogP contribution >= 0.6 is 0 Å². The van der Waals surface area contributed by atoms with Crippen LogP contribution in [0.25, 0.3) is 0 Å². The van der Waals surface area contributed by atoms with E-state index in [9.17, 15) is 40.6 Å². The summed E-state index contributed by atoms with van der Waals surface area (Å²) in [4.78, 5) is 44.0. The second-order valence-corrected chi connectivity index (χ2v) is 16.7. The fraction of sp³-hybridized carbons (Fsp3) is 0.426. The van der Waals surface area contributed by atoms with Gasteiger partial charge >= 0.3 is 50.4 Å². The molecule has 0 aliphatic carbocycles. The Morgan fingerprint density at radius 3 is 1.49 bits per heavy atom. The molecule has 4 unspecified atom stereocenters. The summed E-state index contributed by atoms with van der Waals surface area (Å²) in [6.45, 7) is 5.60. The molecule has 408 valence electrons. The minimum absolute atomic E-state index is 0. The number of hydrogen-bond donors (Lipinski definition) is 4. The fourth-order valence-electron chi connectivity index (χ4n) is 6.37. The smallest absolute Gasteiger partial charge is 0.711 e. The van der Waals surface area contributed by atoms with Crippen LogP contribution in [0.15, 0.2) is 79.1 Å². The maximum atomic E-state index is 11.9. The monoisotopic (exact) mass is 1120 g/mol. The first-order valence-corrected chi connectivity index (χ1v) is 24.3. The molecule has 0 spiro atoms. The molecule has 2 aromatic carbocycles. The van der Waals surface area contributed by atoms with Gasteiger partial charge in [-0.3, -0.25) is 23.9 Å². The van der Waals surface area contributed by atoms with E-state index in [2.05, 4.69) is 62.7 Å². The fourth-order valence-corrected chi connectivity index (χ4v) is 7.20. The van der Waals surface area contributed by atoms with Crippen molar-refractivity contribution in [2.75, 3.05) is 41.7 Å². The molecule has 5 rings (SSSR count). The van der Waals surface area contributed by atoms with Gasteiger partial charge in [0.15, 0.2) is 24.4 Å². The van der Waals surface area contributed by atoms with Gasteiger partial charge in [0.25, 0.3) is 0 Å². The van der Waals surface area contributed by atoms with E-state index < -0.39 is 88.0 Å². The van der Waals surface area contributed by atoms with Crippen LogP contribution in [0.3, 0.4) is 0 Å². The Morgan fingerprint density at radius 1 is 0.658 bits per heavy atom. The number of carbonyl (C=O) groups excluding carboxylic acids is 2. The van der Waals surface area contributed by atoms with Crippen molar-refractivity contribution in [1.82, 2.24) is 10.6 Å². The summed E-state index contributed by atoms with van der Waals surface area (Å²) in [5.41, 5.74) is 0. The van der Waals surface area contributed by atoms with Crippen molar-refractivity contribution in [3.05, 3.63) is 79.1 Å². The number of carbonyl (C=O) groups is 2. The summed E-state index contributed by atoms with van der Waals surface area (Å²) < 4.78 is 116. The topological polar surface area (TPSA) is 323 Å². The number of ether oxygens (including phenoxy) is 8. The van der Waals surface area contributed by atoms with Crippen molar-refractivity contribution in [1.29, 1.82) is 0 Å². The largest absolute Gasteiger partial charge is 1.00 e. The third kappa shape index (κ3) is 24.3. The molecule has 0 saturated carbocycles. The maximum absolute atomic E-state index is 11.9. The number of aliphatic hydroxyl groups is 1. The quantitative estimate of drug-likeness (QED) is 0.0166. The summed E-state index contributed by atoms with van der Waals surface area (Å²) in [5.74, 6) is 15.9. The van der Waals surface area contributed by atoms with Gasteiger partial charge < -0.3 is 58.2 Å². The zero-order valence-corrected chi connectivity index (χ0v) is 46.1. The van der Waals surface area contributed by atoms with Crippen molar-refractivity contribution in [2.45, 2.75) is 89.0 Å². The Bertz CT molecular complexity index is 2740. The Balaban J connectivity index is 0.000000430. The van der Waals surface area contributed by atoms with Crippen LogP contribution < -0.4 is 68.2 Å². The predicted octanol–water partition coefficient (Wildman–Crippen LogP) is -3.08. The van der Waals surface area contributed by atoms with E-state index in [0.29, 0.717) is 23.0 Å². The molecule has 0 bridgehead atoms. The molecule has 2 amide bonds. The van der Waals surface area contributed by atoms with Gasteiger partial charge in [-0.1, -0.05) is 17.9 Å². The number of hydrogen-bond acceptors (Lipinski definition) is 22. The molecule has 1 aromatic heterocycles. The molecule has 3 aromatic rings. The van der Waals surface area contributed by atoms with Gasteiger partial charge in [-0.25, -0.2) is 4.18 Å². The minimum atomic E-state index is -4.98. The van der Waals surface area contributed by atoms with Crippen LogP contribution in [0, 0.1) is 47.7 Å². The number of benzene rings is 2. The number of nitrogens with zero attached hydrogens (tertiary/aromatic N) is 1. The van der Waals surface area contributed by atoms with Gasteiger partial charge in [-0.05, 0) is 74.2 Å². The molecule has 3 heterocycles. The van der Waals surface area contributed by atoms with Crippen LogP contribution in [0.1, 0.15) is 27.7 Å². The molecule has 76 heavy (non-hydrogen) atoms. The first kappa shape index (κ1) is 66.0. The number of pyridine rings is 1. The number of aromatic nitrogens is 1. The van der Waals surface area contributed by atoms with Gasteiger partial charge in [0.05, 0.1) is 27.4 Å². The van der Waals surface area contributed by atoms with Gasteiger partial charge in [0, 0.05) is 56.8 Å². The van der Waals surface area contributed by atoms with Gasteiger partial charge in [0.2, 0.25) is 36.8 Å². The maximum Gasteiger partial charge on any atom is 1.00 e. The third-order valence-corrected chi connectivity index (χ3v) is 10.1. The Kier molecular flexibility index (Phi) is 30.0. The second kappa shape index (κ2) is 34.5. The van der Waals surface area contributed by atoms with Crippen molar-refractivity contribution >= 4 is 32.6 Å². The van der Waals surface area contributed by atoms with Crippen LogP contribution in [-0.2, 0) is 73.1 Å². The molecule has 29 heteroatoms. The van der Waals surface area contributed by atoms with E-state index in [1.165, 1.54) is 59.7 Å². The molecule has 2 aliphatic heterocycles. The standard InChI is InChI=1S/C21H25NO11S.C21H25NO8.C5H5NO4S.Na/c1-5-6-7-12-29-32-20-18(22-14(2)23)21(30-16-10-8-15(28-4)9-11-16)31-17(13-27-3)19(20)33-34(24,25)26;1-5-6-7-12-27-30-20-18(22-14(2)23)21(29-17(13-25-3)19(20)24)28-16-10-8-15(26-4)9-11-16;7-11(8,9)10-6-4-2-1-3-5-6;/h8-11,17-21H,13H2,1-4H3,(H,22,23)(H,24,25,26);8-11,17-21,24H,13H2,1-4H3,(H,22,23);1-5H;/q;;;+1/t2*17?,18?,19-,20+,21-;;/m00../s1.